The summed E-state index contributed by atoms with van der Waals surface area (Å²) in [5, 5.41) is 31.6. The first-order valence-corrected chi connectivity index (χ1v) is 17.0. The molecule has 6 unspecified atom stereocenters. The lowest BCUT2D eigenvalue weighted by molar-refractivity contribution is -0.135. The Labute approximate surface area is 297 Å². The summed E-state index contributed by atoms with van der Waals surface area (Å²) >= 11 is 6.55. The molecule has 2 amide bonds. The molecule has 1 saturated carbocycles. The zero-order valence-corrected chi connectivity index (χ0v) is 27.7. The quantitative estimate of drug-likeness (QED) is 0.158. The lowest BCUT2D eigenvalue weighted by Gasteiger charge is -2.55. The predicted octanol–water partition coefficient (Wildman–Crippen LogP) is 6.48. The van der Waals surface area contributed by atoms with Gasteiger partial charge in [0.1, 0.15) is 17.1 Å². The van der Waals surface area contributed by atoms with Crippen molar-refractivity contribution in [2.75, 3.05) is 4.90 Å². The SMILES string of the molecule is O=C(O)c1ccc(N2C(=O)C3CC=C4C(CC5C(=O)C(c6ccccc6)=CC(=O)C5(c5ccccc5)C4c4cc(Cl)ccc4O)C3C2=O)cc1O. The van der Waals surface area contributed by atoms with Crippen LogP contribution in [0.15, 0.2) is 115 Å². The summed E-state index contributed by atoms with van der Waals surface area (Å²) in [5.74, 6) is -8.19. The van der Waals surface area contributed by atoms with Crippen LogP contribution in [0.3, 0.4) is 0 Å². The number of carbonyl (C=O) groups excluding carboxylic acids is 4. The van der Waals surface area contributed by atoms with Crippen molar-refractivity contribution in [1.29, 1.82) is 0 Å². The molecule has 4 aromatic rings. The first-order chi connectivity index (χ1) is 24.5. The van der Waals surface area contributed by atoms with Crippen molar-refractivity contribution in [2.24, 2.45) is 23.7 Å². The number of carboxylic acids is 1. The number of rotatable bonds is 5. The lowest BCUT2D eigenvalue weighted by Crippen LogP contribution is -2.58. The Bertz CT molecular complexity index is 2250. The Hall–Kier alpha value is -5.80. The maximum atomic E-state index is 15.1. The number of aromatic carboxylic acids is 1. The van der Waals surface area contributed by atoms with Crippen molar-refractivity contribution in [3.63, 3.8) is 0 Å². The standard InChI is InChI=1S/C41H30ClNO8/c42-23-11-16-32(44)30(17-23)36-25-14-15-27-35(39(49)43(38(27)48)24-12-13-26(40(50)51)33(45)18-24)29(25)19-31-37(47)28(21-7-3-1-4-8-21)20-34(46)41(31,36)22-9-5-2-6-10-22/h1-14,16-18,20,27,29,31,35-36,44-45H,15,19H2,(H,50,51). The molecule has 4 aliphatic rings. The number of hydrogen-bond donors (Lipinski definition) is 3. The summed E-state index contributed by atoms with van der Waals surface area (Å²) in [7, 11) is 0. The summed E-state index contributed by atoms with van der Waals surface area (Å²) in [5.41, 5.74) is 0.492. The largest absolute Gasteiger partial charge is 0.508 e. The van der Waals surface area contributed by atoms with E-state index in [0.29, 0.717) is 27.3 Å². The summed E-state index contributed by atoms with van der Waals surface area (Å²) < 4.78 is 0. The molecule has 3 aliphatic carbocycles. The van der Waals surface area contributed by atoms with E-state index in [2.05, 4.69) is 0 Å². The van der Waals surface area contributed by atoms with E-state index in [4.69, 9.17) is 11.6 Å². The number of anilines is 1. The molecule has 0 spiro atoms. The molecule has 3 N–H and O–H groups in total. The number of halogens is 1. The number of nitrogens with zero attached hydrogens (tertiary/aromatic N) is 1. The maximum Gasteiger partial charge on any atom is 0.339 e. The Balaban J connectivity index is 1.34. The van der Waals surface area contributed by atoms with Gasteiger partial charge in [-0.25, -0.2) is 9.69 Å². The Morgan fingerprint density at radius 2 is 1.51 bits per heavy atom. The average Bonchev–Trinajstić information content (AvgIpc) is 3.39. The highest BCUT2D eigenvalue weighted by atomic mass is 35.5. The summed E-state index contributed by atoms with van der Waals surface area (Å²) in [4.78, 5) is 71.1. The van der Waals surface area contributed by atoms with Crippen molar-refractivity contribution in [1.82, 2.24) is 0 Å². The summed E-state index contributed by atoms with van der Waals surface area (Å²) in [6.45, 7) is 0. The van der Waals surface area contributed by atoms with Gasteiger partial charge < -0.3 is 15.3 Å². The average molecular weight is 700 g/mol. The second-order valence-electron chi connectivity index (χ2n) is 13.5. The predicted molar refractivity (Wildman–Crippen MR) is 187 cm³/mol. The molecule has 4 aromatic carbocycles. The Morgan fingerprint density at radius 1 is 0.804 bits per heavy atom. The van der Waals surface area contributed by atoms with Crippen LogP contribution in [-0.4, -0.2) is 44.7 Å². The highest BCUT2D eigenvalue weighted by Crippen LogP contribution is 2.64. The molecular formula is C41H30ClNO8. The van der Waals surface area contributed by atoms with Gasteiger partial charge in [-0.1, -0.05) is 83.9 Å². The van der Waals surface area contributed by atoms with E-state index in [1.165, 1.54) is 24.3 Å². The molecule has 1 saturated heterocycles. The number of phenolic OH excluding ortho intramolecular Hbond substituents is 1. The van der Waals surface area contributed by atoms with E-state index in [9.17, 15) is 34.5 Å². The fourth-order valence-electron chi connectivity index (χ4n) is 9.07. The van der Waals surface area contributed by atoms with Gasteiger partial charge in [-0.05, 0) is 66.3 Å². The number of carboxylic acid groups (broad SMARTS) is 1. The number of ketones is 2. The van der Waals surface area contributed by atoms with Crippen molar-refractivity contribution < 1.29 is 39.3 Å². The molecule has 0 radical (unpaired) electrons. The van der Waals surface area contributed by atoms with Gasteiger partial charge in [0, 0.05) is 34.1 Å². The number of benzene rings is 4. The van der Waals surface area contributed by atoms with Crippen LogP contribution in [0.4, 0.5) is 5.69 Å². The Kier molecular flexibility index (Phi) is 7.57. The van der Waals surface area contributed by atoms with Crippen LogP contribution in [0.2, 0.25) is 5.02 Å². The second kappa shape index (κ2) is 11.9. The van der Waals surface area contributed by atoms with Gasteiger partial charge in [0.05, 0.1) is 22.9 Å². The minimum atomic E-state index is -1.53. The van der Waals surface area contributed by atoms with Crippen LogP contribution >= 0.6 is 11.6 Å². The van der Waals surface area contributed by atoms with Crippen molar-refractivity contribution >= 4 is 52.2 Å². The van der Waals surface area contributed by atoms with Crippen LogP contribution in [0.25, 0.3) is 5.57 Å². The van der Waals surface area contributed by atoms with Crippen LogP contribution < -0.4 is 4.90 Å². The molecule has 6 atom stereocenters. The van der Waals surface area contributed by atoms with E-state index >= 15 is 4.79 Å². The smallest absolute Gasteiger partial charge is 0.339 e. The van der Waals surface area contributed by atoms with E-state index in [1.54, 1.807) is 54.6 Å². The van der Waals surface area contributed by atoms with Crippen LogP contribution in [0.5, 0.6) is 11.5 Å². The monoisotopic (exact) mass is 699 g/mol. The number of allylic oxidation sites excluding steroid dienone is 4. The molecule has 0 bridgehead atoms. The molecule has 1 aliphatic heterocycles. The molecule has 10 heteroatoms. The first-order valence-electron chi connectivity index (χ1n) is 16.6. The molecule has 0 aromatic heterocycles. The van der Waals surface area contributed by atoms with E-state index in [1.807, 2.05) is 18.2 Å². The fraction of sp³-hybridized carbons (Fsp3) is 0.195. The third kappa shape index (κ3) is 4.72. The van der Waals surface area contributed by atoms with Gasteiger partial charge in [-0.3, -0.25) is 19.2 Å². The van der Waals surface area contributed by atoms with Gasteiger partial charge in [-0.2, -0.15) is 0 Å². The zero-order valence-electron chi connectivity index (χ0n) is 26.9. The number of fused-ring (bicyclic) bond motifs is 4. The van der Waals surface area contributed by atoms with Gasteiger partial charge >= 0.3 is 5.97 Å². The zero-order chi connectivity index (χ0) is 35.8. The van der Waals surface area contributed by atoms with Crippen LogP contribution in [-0.2, 0) is 24.6 Å². The van der Waals surface area contributed by atoms with Gasteiger partial charge in [0.15, 0.2) is 11.6 Å². The van der Waals surface area contributed by atoms with E-state index < -0.39 is 58.5 Å². The number of hydrogen-bond acceptors (Lipinski definition) is 7. The van der Waals surface area contributed by atoms with E-state index in [-0.39, 0.29) is 47.0 Å². The number of imide groups is 1. The topological polar surface area (TPSA) is 149 Å². The van der Waals surface area contributed by atoms with E-state index in [0.717, 1.165) is 17.0 Å². The molecular weight excluding hydrogens is 670 g/mol. The normalized spacial score (nSPS) is 26.9. The highest BCUT2D eigenvalue weighted by Gasteiger charge is 2.66. The summed E-state index contributed by atoms with van der Waals surface area (Å²) in [6.07, 6.45) is 3.47. The van der Waals surface area contributed by atoms with Gasteiger partial charge in [-0.15, -0.1) is 0 Å². The van der Waals surface area contributed by atoms with Gasteiger partial charge in [0.25, 0.3) is 0 Å². The molecule has 9 nitrogen and oxygen atoms in total. The van der Waals surface area contributed by atoms with Gasteiger partial charge in [0.2, 0.25) is 11.8 Å². The molecule has 254 valence electrons. The number of amides is 2. The number of Topliss-reactive ketones (excluding diaryl/α,β-unsaturated/α-hetero) is 1. The minimum Gasteiger partial charge on any atom is -0.508 e. The summed E-state index contributed by atoms with van der Waals surface area (Å²) in [6, 6.07) is 26.0. The number of phenols is 2. The van der Waals surface area contributed by atoms with Crippen LogP contribution in [0.1, 0.15) is 45.8 Å². The second-order valence-corrected chi connectivity index (χ2v) is 13.9. The third-order valence-electron chi connectivity index (χ3n) is 11.1. The highest BCUT2D eigenvalue weighted by molar-refractivity contribution is 6.32. The first kappa shape index (κ1) is 32.4. The van der Waals surface area contributed by atoms with Crippen molar-refractivity contribution in [3.8, 4) is 11.5 Å². The fourth-order valence-corrected chi connectivity index (χ4v) is 9.25. The Morgan fingerprint density at radius 3 is 2.20 bits per heavy atom. The number of aromatic hydroxyl groups is 2. The minimum absolute atomic E-state index is 0.0279. The third-order valence-corrected chi connectivity index (χ3v) is 11.4. The van der Waals surface area contributed by atoms with Crippen molar-refractivity contribution in [2.45, 2.75) is 24.2 Å². The molecule has 2 fully saturated rings. The maximum absolute atomic E-state index is 15.1. The number of carbonyl (C=O) groups is 5. The van der Waals surface area contributed by atoms with Crippen molar-refractivity contribution in [3.05, 3.63) is 142 Å². The molecule has 1 heterocycles. The van der Waals surface area contributed by atoms with Crippen LogP contribution in [0, 0.1) is 23.7 Å². The molecule has 51 heavy (non-hydrogen) atoms. The molecule has 8 rings (SSSR count). The lowest BCUT2D eigenvalue weighted by atomic mass is 9.44.